The molecule has 0 radical (unpaired) electrons. The summed E-state index contributed by atoms with van der Waals surface area (Å²) in [4.78, 5) is 4.41. The van der Waals surface area contributed by atoms with E-state index in [1.165, 1.54) is 11.8 Å². The molecule has 0 fully saturated rings. The summed E-state index contributed by atoms with van der Waals surface area (Å²) in [6.07, 6.45) is 0. The summed E-state index contributed by atoms with van der Waals surface area (Å²) in [7, 11) is 1.91. The van der Waals surface area contributed by atoms with Crippen molar-refractivity contribution in [3.05, 3.63) is 64.4 Å². The molecule has 0 saturated heterocycles. The third kappa shape index (κ3) is 3.85. The van der Waals surface area contributed by atoms with Crippen LogP contribution in [0.4, 0.5) is 0 Å². The van der Waals surface area contributed by atoms with Crippen molar-refractivity contribution in [3.8, 4) is 22.8 Å². The minimum atomic E-state index is 0.399. The third-order valence-electron chi connectivity index (χ3n) is 3.84. The molecule has 136 valence electrons. The second-order valence-electron chi connectivity index (χ2n) is 5.66. The first-order valence-electron chi connectivity index (χ1n) is 7.97. The molecule has 0 unspecified atom stereocenters. The van der Waals surface area contributed by atoms with Gasteiger partial charge in [0.1, 0.15) is 0 Å². The molecule has 2 aromatic heterocycles. The monoisotopic (exact) mass is 417 g/mol. The normalized spacial score (nSPS) is 11.1. The van der Waals surface area contributed by atoms with Crippen LogP contribution in [0, 0.1) is 0 Å². The molecule has 0 aliphatic heterocycles. The molecule has 0 aliphatic carbocycles. The summed E-state index contributed by atoms with van der Waals surface area (Å²) >= 11 is 13.6. The molecule has 0 atom stereocenters. The molecule has 2 heterocycles. The van der Waals surface area contributed by atoms with Gasteiger partial charge in [-0.1, -0.05) is 52.3 Å². The van der Waals surface area contributed by atoms with Gasteiger partial charge in [-0.3, -0.25) is 0 Å². The zero-order valence-corrected chi connectivity index (χ0v) is 16.5. The highest BCUT2D eigenvalue weighted by atomic mass is 35.5. The second-order valence-corrected chi connectivity index (χ2v) is 7.44. The molecule has 0 saturated carbocycles. The van der Waals surface area contributed by atoms with Gasteiger partial charge in [-0.2, -0.15) is 4.98 Å². The van der Waals surface area contributed by atoms with Crippen molar-refractivity contribution in [2.75, 3.05) is 0 Å². The molecule has 0 N–H and O–H groups in total. The average Bonchev–Trinajstić information content (AvgIpc) is 3.28. The van der Waals surface area contributed by atoms with E-state index in [4.69, 9.17) is 27.7 Å². The van der Waals surface area contributed by atoms with Gasteiger partial charge in [0, 0.05) is 17.6 Å². The summed E-state index contributed by atoms with van der Waals surface area (Å²) in [5, 5.41) is 14.5. The lowest BCUT2D eigenvalue weighted by Crippen LogP contribution is -1.95. The molecule has 2 aromatic carbocycles. The molecule has 4 rings (SSSR count). The molecule has 0 spiro atoms. The van der Waals surface area contributed by atoms with Gasteiger partial charge < -0.3 is 9.09 Å². The van der Waals surface area contributed by atoms with E-state index in [-0.39, 0.29) is 0 Å². The van der Waals surface area contributed by atoms with Crippen molar-refractivity contribution < 1.29 is 4.52 Å². The van der Waals surface area contributed by atoms with E-state index in [0.29, 0.717) is 33.1 Å². The van der Waals surface area contributed by atoms with Gasteiger partial charge >= 0.3 is 0 Å². The lowest BCUT2D eigenvalue weighted by atomic mass is 10.2. The summed E-state index contributed by atoms with van der Waals surface area (Å²) in [6.45, 7) is 0. The van der Waals surface area contributed by atoms with E-state index in [2.05, 4.69) is 20.3 Å². The fourth-order valence-electron chi connectivity index (χ4n) is 2.48. The van der Waals surface area contributed by atoms with Crippen LogP contribution in [0.2, 0.25) is 10.0 Å². The number of thioether (sulfide) groups is 1. The van der Waals surface area contributed by atoms with Crippen molar-refractivity contribution in [1.82, 2.24) is 24.9 Å². The minimum absolute atomic E-state index is 0.399. The fourth-order valence-corrected chi connectivity index (χ4v) is 3.57. The standard InChI is InChI=1S/C18H13Cl2N5OS/c1-25-16(11-6-8-12(19)9-7-11)22-23-18(25)27-10-15-21-17(26-24-15)13-4-2-3-5-14(13)20/h2-9H,10H2,1H3. The topological polar surface area (TPSA) is 69.6 Å². The van der Waals surface area contributed by atoms with Crippen molar-refractivity contribution >= 4 is 35.0 Å². The predicted octanol–water partition coefficient (Wildman–Crippen LogP) is 5.13. The molecule has 6 nitrogen and oxygen atoms in total. The summed E-state index contributed by atoms with van der Waals surface area (Å²) < 4.78 is 7.24. The zero-order valence-electron chi connectivity index (χ0n) is 14.1. The lowest BCUT2D eigenvalue weighted by molar-refractivity contribution is 0.425. The van der Waals surface area contributed by atoms with Gasteiger partial charge in [0.05, 0.1) is 16.3 Å². The molecular formula is C18H13Cl2N5OS. The highest BCUT2D eigenvalue weighted by Crippen LogP contribution is 2.28. The molecule has 0 amide bonds. The number of rotatable bonds is 5. The predicted molar refractivity (Wildman–Crippen MR) is 106 cm³/mol. The van der Waals surface area contributed by atoms with Gasteiger partial charge in [0.25, 0.3) is 5.89 Å². The average molecular weight is 418 g/mol. The Labute approximate surface area is 169 Å². The van der Waals surface area contributed by atoms with Gasteiger partial charge in [0.15, 0.2) is 16.8 Å². The van der Waals surface area contributed by atoms with Crippen molar-refractivity contribution in [2.45, 2.75) is 10.9 Å². The quantitative estimate of drug-likeness (QED) is 0.419. The van der Waals surface area contributed by atoms with Gasteiger partial charge in [0.2, 0.25) is 0 Å². The Kier molecular flexibility index (Phi) is 5.15. The SMILES string of the molecule is Cn1c(SCc2noc(-c3ccccc3Cl)n2)nnc1-c1ccc(Cl)cc1. The van der Waals surface area contributed by atoms with Crippen molar-refractivity contribution in [3.63, 3.8) is 0 Å². The number of aromatic nitrogens is 5. The van der Waals surface area contributed by atoms with Crippen LogP contribution < -0.4 is 0 Å². The first-order chi connectivity index (χ1) is 13.1. The molecule has 0 aliphatic rings. The number of nitrogens with zero attached hydrogens (tertiary/aromatic N) is 5. The van der Waals surface area contributed by atoms with E-state index < -0.39 is 0 Å². The molecule has 0 bridgehead atoms. The second kappa shape index (κ2) is 7.72. The van der Waals surface area contributed by atoms with E-state index in [9.17, 15) is 0 Å². The Morgan fingerprint density at radius 2 is 1.81 bits per heavy atom. The maximum Gasteiger partial charge on any atom is 0.259 e. The lowest BCUT2D eigenvalue weighted by Gasteiger charge is -2.03. The Balaban J connectivity index is 1.48. The molecular weight excluding hydrogens is 405 g/mol. The van der Waals surface area contributed by atoms with Crippen molar-refractivity contribution in [1.29, 1.82) is 0 Å². The highest BCUT2D eigenvalue weighted by Gasteiger charge is 2.15. The van der Waals surface area contributed by atoms with Crippen LogP contribution in [0.1, 0.15) is 5.82 Å². The number of halogens is 2. The highest BCUT2D eigenvalue weighted by molar-refractivity contribution is 7.98. The van der Waals surface area contributed by atoms with E-state index >= 15 is 0 Å². The smallest absolute Gasteiger partial charge is 0.259 e. The Morgan fingerprint density at radius 1 is 1.04 bits per heavy atom. The van der Waals surface area contributed by atoms with Crippen LogP contribution in [-0.2, 0) is 12.8 Å². The van der Waals surface area contributed by atoms with Crippen LogP contribution >= 0.6 is 35.0 Å². The molecule has 27 heavy (non-hydrogen) atoms. The first-order valence-corrected chi connectivity index (χ1v) is 9.71. The Hall–Kier alpha value is -2.35. The van der Waals surface area contributed by atoms with Gasteiger partial charge in [-0.25, -0.2) is 0 Å². The number of benzene rings is 2. The third-order valence-corrected chi connectivity index (χ3v) is 5.44. The maximum absolute atomic E-state index is 6.17. The van der Waals surface area contributed by atoms with Crippen molar-refractivity contribution in [2.24, 2.45) is 7.05 Å². The summed E-state index contributed by atoms with van der Waals surface area (Å²) in [5.74, 6) is 2.22. The summed E-state index contributed by atoms with van der Waals surface area (Å²) in [5.41, 5.74) is 1.66. The van der Waals surface area contributed by atoms with E-state index in [1.807, 2.05) is 54.1 Å². The Morgan fingerprint density at radius 3 is 2.59 bits per heavy atom. The van der Waals surface area contributed by atoms with Gasteiger partial charge in [-0.05, 0) is 36.4 Å². The van der Waals surface area contributed by atoms with E-state index in [0.717, 1.165) is 16.5 Å². The maximum atomic E-state index is 6.17. The van der Waals surface area contributed by atoms with Crippen LogP contribution in [0.25, 0.3) is 22.8 Å². The fraction of sp³-hybridized carbons (Fsp3) is 0.111. The number of hydrogen-bond donors (Lipinski definition) is 0. The van der Waals surface area contributed by atoms with Crippen LogP contribution in [-0.4, -0.2) is 24.9 Å². The minimum Gasteiger partial charge on any atom is -0.334 e. The Bertz CT molecular complexity index is 1080. The van der Waals surface area contributed by atoms with Crippen LogP contribution in [0.3, 0.4) is 0 Å². The number of hydrogen-bond acceptors (Lipinski definition) is 6. The zero-order chi connectivity index (χ0) is 18.8. The molecule has 4 aromatic rings. The summed E-state index contributed by atoms with van der Waals surface area (Å²) in [6, 6.07) is 14.8. The van der Waals surface area contributed by atoms with E-state index in [1.54, 1.807) is 6.07 Å². The largest absolute Gasteiger partial charge is 0.334 e. The molecule has 9 heteroatoms. The van der Waals surface area contributed by atoms with Gasteiger partial charge in [-0.15, -0.1) is 10.2 Å². The van der Waals surface area contributed by atoms with Crippen LogP contribution in [0.5, 0.6) is 0 Å². The first kappa shape index (κ1) is 18.0. The van der Waals surface area contributed by atoms with Crippen LogP contribution in [0.15, 0.2) is 58.2 Å².